The van der Waals surface area contributed by atoms with Crippen LogP contribution in [0.25, 0.3) is 0 Å². The number of benzene rings is 1. The SMILES string of the molecule is CC=C1CN(C(c2ccccc2F)C2(C=O)CC2)CCC1O. The van der Waals surface area contributed by atoms with E-state index in [2.05, 4.69) is 4.90 Å². The summed E-state index contributed by atoms with van der Waals surface area (Å²) in [5, 5.41) is 10.0. The predicted octanol–water partition coefficient (Wildman–Crippen LogP) is 2.86. The van der Waals surface area contributed by atoms with Crippen LogP contribution in [-0.4, -0.2) is 35.5 Å². The van der Waals surface area contributed by atoms with Crippen molar-refractivity contribution in [3.8, 4) is 0 Å². The molecule has 22 heavy (non-hydrogen) atoms. The second-order valence-electron chi connectivity index (χ2n) is 6.41. The minimum Gasteiger partial charge on any atom is -0.389 e. The Bertz CT molecular complexity index is 595. The minimum absolute atomic E-state index is 0.242. The maximum Gasteiger partial charge on any atom is 0.128 e. The Morgan fingerprint density at radius 3 is 2.73 bits per heavy atom. The first-order valence-corrected chi connectivity index (χ1v) is 7.89. The number of aliphatic hydroxyl groups excluding tert-OH is 1. The Morgan fingerprint density at radius 2 is 2.14 bits per heavy atom. The molecule has 1 saturated heterocycles. The molecule has 2 atom stereocenters. The lowest BCUT2D eigenvalue weighted by atomic mass is 9.87. The molecule has 1 aromatic carbocycles. The molecule has 118 valence electrons. The third-order valence-electron chi connectivity index (χ3n) is 5.05. The number of hydrogen-bond acceptors (Lipinski definition) is 3. The topological polar surface area (TPSA) is 40.5 Å². The summed E-state index contributed by atoms with van der Waals surface area (Å²) in [4.78, 5) is 13.8. The van der Waals surface area contributed by atoms with E-state index in [0.29, 0.717) is 25.1 Å². The number of allylic oxidation sites excluding steroid dienone is 1. The van der Waals surface area contributed by atoms with Crippen molar-refractivity contribution in [3.63, 3.8) is 0 Å². The fourth-order valence-corrected chi connectivity index (χ4v) is 3.56. The summed E-state index contributed by atoms with van der Waals surface area (Å²) in [6.07, 6.45) is 4.74. The van der Waals surface area contributed by atoms with E-state index in [4.69, 9.17) is 0 Å². The first-order chi connectivity index (χ1) is 10.6. The monoisotopic (exact) mass is 303 g/mol. The van der Waals surface area contributed by atoms with Crippen LogP contribution in [0.1, 0.15) is 37.8 Å². The number of aliphatic hydroxyl groups is 1. The molecule has 1 N–H and O–H groups in total. The zero-order valence-electron chi connectivity index (χ0n) is 12.8. The van der Waals surface area contributed by atoms with E-state index >= 15 is 0 Å². The lowest BCUT2D eigenvalue weighted by molar-refractivity contribution is -0.115. The number of hydrogen-bond donors (Lipinski definition) is 1. The third-order valence-corrected chi connectivity index (χ3v) is 5.05. The van der Waals surface area contributed by atoms with Crippen LogP contribution in [-0.2, 0) is 4.79 Å². The van der Waals surface area contributed by atoms with Gasteiger partial charge >= 0.3 is 0 Å². The number of likely N-dealkylation sites (tertiary alicyclic amines) is 1. The van der Waals surface area contributed by atoms with Gasteiger partial charge in [-0.05, 0) is 37.8 Å². The quantitative estimate of drug-likeness (QED) is 0.687. The molecule has 2 unspecified atom stereocenters. The van der Waals surface area contributed by atoms with E-state index in [1.807, 2.05) is 19.1 Å². The zero-order chi connectivity index (χ0) is 15.7. The lowest BCUT2D eigenvalue weighted by Gasteiger charge is -2.40. The number of carbonyl (C=O) groups is 1. The highest BCUT2D eigenvalue weighted by atomic mass is 19.1. The molecule has 3 rings (SSSR count). The summed E-state index contributed by atoms with van der Waals surface area (Å²) in [7, 11) is 0. The predicted molar refractivity (Wildman–Crippen MR) is 82.8 cm³/mol. The first kappa shape index (κ1) is 15.4. The van der Waals surface area contributed by atoms with Crippen molar-refractivity contribution in [1.29, 1.82) is 0 Å². The number of halogens is 1. The summed E-state index contributed by atoms with van der Waals surface area (Å²) in [6, 6.07) is 6.49. The number of carbonyl (C=O) groups excluding carboxylic acids is 1. The van der Waals surface area contributed by atoms with Crippen LogP contribution in [0, 0.1) is 11.2 Å². The van der Waals surface area contributed by atoms with Crippen molar-refractivity contribution in [3.05, 3.63) is 47.3 Å². The van der Waals surface area contributed by atoms with E-state index in [-0.39, 0.29) is 11.9 Å². The van der Waals surface area contributed by atoms with Gasteiger partial charge in [-0.3, -0.25) is 4.90 Å². The molecule has 1 aliphatic carbocycles. The average molecular weight is 303 g/mol. The van der Waals surface area contributed by atoms with Crippen molar-refractivity contribution in [1.82, 2.24) is 4.90 Å². The third kappa shape index (κ3) is 2.61. The van der Waals surface area contributed by atoms with Gasteiger partial charge in [-0.25, -0.2) is 4.39 Å². The number of rotatable bonds is 4. The molecule has 0 spiro atoms. The van der Waals surface area contributed by atoms with E-state index in [1.165, 1.54) is 6.07 Å². The highest BCUT2D eigenvalue weighted by molar-refractivity contribution is 5.66. The number of piperidine rings is 1. The maximum absolute atomic E-state index is 14.3. The van der Waals surface area contributed by atoms with E-state index in [0.717, 1.165) is 24.7 Å². The summed E-state index contributed by atoms with van der Waals surface area (Å²) in [5.74, 6) is -0.256. The van der Waals surface area contributed by atoms with Crippen LogP contribution < -0.4 is 0 Å². The number of nitrogens with zero attached hydrogens (tertiary/aromatic N) is 1. The average Bonchev–Trinajstić information content (AvgIpc) is 3.32. The molecule has 2 fully saturated rings. The summed E-state index contributed by atoms with van der Waals surface area (Å²) < 4.78 is 14.3. The van der Waals surface area contributed by atoms with Gasteiger partial charge in [0.25, 0.3) is 0 Å². The van der Waals surface area contributed by atoms with Crippen LogP contribution in [0.2, 0.25) is 0 Å². The molecule has 0 aromatic heterocycles. The van der Waals surface area contributed by atoms with Crippen LogP contribution in [0.4, 0.5) is 4.39 Å². The van der Waals surface area contributed by atoms with Gasteiger partial charge in [-0.2, -0.15) is 0 Å². The smallest absolute Gasteiger partial charge is 0.128 e. The molecule has 1 saturated carbocycles. The molecule has 0 radical (unpaired) electrons. The van der Waals surface area contributed by atoms with Gasteiger partial charge < -0.3 is 9.90 Å². The van der Waals surface area contributed by atoms with Gasteiger partial charge in [0.15, 0.2) is 0 Å². The Kier molecular flexibility index (Phi) is 4.15. The highest BCUT2D eigenvalue weighted by Crippen LogP contribution is 2.56. The Morgan fingerprint density at radius 1 is 1.41 bits per heavy atom. The van der Waals surface area contributed by atoms with Crippen LogP contribution in [0.15, 0.2) is 35.9 Å². The molecule has 1 aromatic rings. The summed E-state index contributed by atoms with van der Waals surface area (Å²) >= 11 is 0. The normalized spacial score (nSPS) is 27.6. The minimum atomic E-state index is -0.469. The molecule has 0 amide bonds. The van der Waals surface area contributed by atoms with Gasteiger partial charge in [0.1, 0.15) is 12.1 Å². The van der Waals surface area contributed by atoms with Crippen molar-refractivity contribution in [2.75, 3.05) is 13.1 Å². The van der Waals surface area contributed by atoms with E-state index in [9.17, 15) is 14.3 Å². The van der Waals surface area contributed by atoms with Gasteiger partial charge in [0.05, 0.1) is 12.1 Å². The summed E-state index contributed by atoms with van der Waals surface area (Å²) in [5.41, 5.74) is 1.08. The van der Waals surface area contributed by atoms with Gasteiger partial charge in [0, 0.05) is 24.1 Å². The van der Waals surface area contributed by atoms with Crippen LogP contribution in [0.5, 0.6) is 0 Å². The van der Waals surface area contributed by atoms with Crippen molar-refractivity contribution >= 4 is 6.29 Å². The highest BCUT2D eigenvalue weighted by Gasteiger charge is 2.53. The molecule has 1 heterocycles. The lowest BCUT2D eigenvalue weighted by Crippen LogP contribution is -2.44. The Labute approximate surface area is 130 Å². The van der Waals surface area contributed by atoms with Crippen LogP contribution >= 0.6 is 0 Å². The van der Waals surface area contributed by atoms with Crippen molar-refractivity contribution in [2.45, 2.75) is 38.3 Å². The van der Waals surface area contributed by atoms with E-state index < -0.39 is 11.5 Å². The Balaban J connectivity index is 1.97. The molecule has 4 heteroatoms. The van der Waals surface area contributed by atoms with E-state index in [1.54, 1.807) is 12.1 Å². The maximum atomic E-state index is 14.3. The molecule has 3 nitrogen and oxygen atoms in total. The number of aldehydes is 1. The standard InChI is InChI=1S/C18H22FNO2/c1-2-13-11-20(10-7-16(13)22)17(18(12-21)8-9-18)14-5-3-4-6-15(14)19/h2-6,12,16-17,22H,7-11H2,1H3. The van der Waals surface area contributed by atoms with Gasteiger partial charge in [-0.1, -0.05) is 24.3 Å². The van der Waals surface area contributed by atoms with Crippen LogP contribution in [0.3, 0.4) is 0 Å². The molecular formula is C18H22FNO2. The fraction of sp³-hybridized carbons (Fsp3) is 0.500. The second-order valence-corrected chi connectivity index (χ2v) is 6.41. The summed E-state index contributed by atoms with van der Waals surface area (Å²) in [6.45, 7) is 3.17. The van der Waals surface area contributed by atoms with Gasteiger partial charge in [-0.15, -0.1) is 0 Å². The largest absolute Gasteiger partial charge is 0.389 e. The van der Waals surface area contributed by atoms with Crippen molar-refractivity contribution in [2.24, 2.45) is 5.41 Å². The van der Waals surface area contributed by atoms with Crippen molar-refractivity contribution < 1.29 is 14.3 Å². The molecule has 0 bridgehead atoms. The molecule has 1 aliphatic heterocycles. The van der Waals surface area contributed by atoms with Gasteiger partial charge in [0.2, 0.25) is 0 Å². The second kappa shape index (κ2) is 5.94. The fourth-order valence-electron chi connectivity index (χ4n) is 3.56. The molecule has 2 aliphatic rings. The zero-order valence-corrected chi connectivity index (χ0v) is 12.8. The first-order valence-electron chi connectivity index (χ1n) is 7.89. The molecular weight excluding hydrogens is 281 g/mol. The Hall–Kier alpha value is -1.52.